The normalized spacial score (nSPS) is 16.0. The zero-order valence-corrected chi connectivity index (χ0v) is 12.7. The Balaban J connectivity index is 1.92. The summed E-state index contributed by atoms with van der Waals surface area (Å²) < 4.78 is 7.80. The highest BCUT2D eigenvalue weighted by Gasteiger charge is 2.18. The fourth-order valence-electron chi connectivity index (χ4n) is 2.96. The molecule has 112 valence electrons. The molecule has 2 aromatic rings. The summed E-state index contributed by atoms with van der Waals surface area (Å²) in [4.78, 5) is 8.88. The lowest BCUT2D eigenvalue weighted by Gasteiger charge is -2.22. The average Bonchev–Trinajstić information content (AvgIpc) is 3.08. The van der Waals surface area contributed by atoms with Crippen molar-refractivity contribution in [1.29, 1.82) is 0 Å². The third-order valence-electron chi connectivity index (χ3n) is 4.09. The second-order valence-corrected chi connectivity index (χ2v) is 5.74. The Morgan fingerprint density at radius 3 is 2.81 bits per heavy atom. The van der Waals surface area contributed by atoms with Gasteiger partial charge in [-0.3, -0.25) is 0 Å². The molecule has 4 nitrogen and oxygen atoms in total. The Morgan fingerprint density at radius 1 is 1.24 bits per heavy atom. The molecule has 1 saturated carbocycles. The van der Waals surface area contributed by atoms with Crippen molar-refractivity contribution in [3.05, 3.63) is 36.5 Å². The van der Waals surface area contributed by atoms with E-state index < -0.39 is 0 Å². The molecule has 4 heteroatoms. The lowest BCUT2D eigenvalue weighted by atomic mass is 9.86. The third-order valence-corrected chi connectivity index (χ3v) is 4.09. The van der Waals surface area contributed by atoms with Gasteiger partial charge in [0, 0.05) is 30.1 Å². The zero-order valence-electron chi connectivity index (χ0n) is 12.7. The van der Waals surface area contributed by atoms with E-state index in [-0.39, 0.29) is 0 Å². The van der Waals surface area contributed by atoms with E-state index in [9.17, 15) is 0 Å². The maximum atomic E-state index is 5.78. The van der Waals surface area contributed by atoms with E-state index >= 15 is 0 Å². The maximum absolute atomic E-state index is 5.78. The standard InChI is InChI=1S/C17H23N3O/c1-2-10-21-17-12-15(20-9-8-18-13-20)11-16(19-17)14-6-4-3-5-7-14/h8-9,11-14H,2-7,10H2,1H3. The molecule has 0 radical (unpaired) electrons. The van der Waals surface area contributed by atoms with Crippen LogP contribution in [0.4, 0.5) is 0 Å². The number of hydrogen-bond acceptors (Lipinski definition) is 3. The minimum atomic E-state index is 0.575. The van der Waals surface area contributed by atoms with Crippen molar-refractivity contribution in [2.24, 2.45) is 0 Å². The SMILES string of the molecule is CCCOc1cc(-n2ccnc2)cc(C2CCCCC2)n1. The Morgan fingerprint density at radius 2 is 2.10 bits per heavy atom. The third kappa shape index (κ3) is 3.43. The molecular weight excluding hydrogens is 262 g/mol. The monoisotopic (exact) mass is 285 g/mol. The second-order valence-electron chi connectivity index (χ2n) is 5.74. The van der Waals surface area contributed by atoms with E-state index in [0.717, 1.165) is 18.0 Å². The molecular formula is C17H23N3O. The molecule has 2 heterocycles. The van der Waals surface area contributed by atoms with E-state index in [2.05, 4.69) is 18.0 Å². The smallest absolute Gasteiger partial charge is 0.215 e. The molecule has 1 fully saturated rings. The van der Waals surface area contributed by atoms with Crippen LogP contribution in [0.3, 0.4) is 0 Å². The molecule has 0 aromatic carbocycles. The summed E-state index contributed by atoms with van der Waals surface area (Å²) in [5, 5.41) is 0. The van der Waals surface area contributed by atoms with Crippen molar-refractivity contribution in [2.75, 3.05) is 6.61 Å². The molecule has 1 aliphatic carbocycles. The number of aromatic nitrogens is 3. The van der Waals surface area contributed by atoms with Crippen LogP contribution in [-0.4, -0.2) is 21.1 Å². The van der Waals surface area contributed by atoms with Gasteiger partial charge in [0.05, 0.1) is 18.6 Å². The van der Waals surface area contributed by atoms with Crippen LogP contribution in [-0.2, 0) is 0 Å². The van der Waals surface area contributed by atoms with E-state index in [4.69, 9.17) is 9.72 Å². The predicted molar refractivity (Wildman–Crippen MR) is 83.0 cm³/mol. The summed E-state index contributed by atoms with van der Waals surface area (Å²) in [6.07, 6.45) is 13.0. The van der Waals surface area contributed by atoms with Crippen LogP contribution < -0.4 is 4.74 Å². The highest BCUT2D eigenvalue weighted by atomic mass is 16.5. The molecule has 0 aliphatic heterocycles. The topological polar surface area (TPSA) is 39.9 Å². The van der Waals surface area contributed by atoms with Crippen molar-refractivity contribution in [3.8, 4) is 11.6 Å². The number of hydrogen-bond donors (Lipinski definition) is 0. The molecule has 0 unspecified atom stereocenters. The van der Waals surface area contributed by atoms with Crippen LogP contribution in [0.25, 0.3) is 5.69 Å². The zero-order chi connectivity index (χ0) is 14.5. The first-order valence-electron chi connectivity index (χ1n) is 8.00. The Bertz CT molecular complexity index is 559. The molecule has 0 atom stereocenters. The van der Waals surface area contributed by atoms with E-state index in [0.29, 0.717) is 12.5 Å². The van der Waals surface area contributed by atoms with Gasteiger partial charge >= 0.3 is 0 Å². The maximum Gasteiger partial charge on any atom is 0.215 e. The van der Waals surface area contributed by atoms with Crippen LogP contribution in [0.15, 0.2) is 30.9 Å². The number of rotatable bonds is 5. The van der Waals surface area contributed by atoms with Gasteiger partial charge in [-0.05, 0) is 25.3 Å². The molecule has 0 spiro atoms. The molecule has 2 aromatic heterocycles. The number of imidazole rings is 1. The first-order chi connectivity index (χ1) is 10.4. The van der Waals surface area contributed by atoms with Crippen molar-refractivity contribution < 1.29 is 4.74 Å². The minimum Gasteiger partial charge on any atom is -0.478 e. The van der Waals surface area contributed by atoms with Gasteiger partial charge in [0.1, 0.15) is 0 Å². The van der Waals surface area contributed by atoms with Crippen molar-refractivity contribution in [1.82, 2.24) is 14.5 Å². The second kappa shape index (κ2) is 6.74. The fraction of sp³-hybridized carbons (Fsp3) is 0.529. The highest BCUT2D eigenvalue weighted by Crippen LogP contribution is 2.33. The number of pyridine rings is 1. The minimum absolute atomic E-state index is 0.575. The first kappa shape index (κ1) is 14.1. The molecule has 3 rings (SSSR count). The first-order valence-corrected chi connectivity index (χ1v) is 8.00. The van der Waals surface area contributed by atoms with Crippen LogP contribution in [0.2, 0.25) is 0 Å². The van der Waals surface area contributed by atoms with Gasteiger partial charge in [0.15, 0.2) is 0 Å². The fourth-order valence-corrected chi connectivity index (χ4v) is 2.96. The van der Waals surface area contributed by atoms with Gasteiger partial charge in [-0.2, -0.15) is 0 Å². The molecule has 0 bridgehead atoms. The summed E-state index contributed by atoms with van der Waals surface area (Å²) in [6, 6.07) is 4.19. The molecule has 0 amide bonds. The lowest BCUT2D eigenvalue weighted by Crippen LogP contribution is -2.09. The van der Waals surface area contributed by atoms with Crippen LogP contribution >= 0.6 is 0 Å². The van der Waals surface area contributed by atoms with Gasteiger partial charge in [0.2, 0.25) is 5.88 Å². The van der Waals surface area contributed by atoms with Crippen molar-refractivity contribution in [2.45, 2.75) is 51.4 Å². The van der Waals surface area contributed by atoms with E-state index in [1.54, 1.807) is 6.20 Å². The summed E-state index contributed by atoms with van der Waals surface area (Å²) >= 11 is 0. The largest absolute Gasteiger partial charge is 0.478 e. The van der Waals surface area contributed by atoms with E-state index in [1.165, 1.54) is 37.8 Å². The van der Waals surface area contributed by atoms with Gasteiger partial charge in [-0.15, -0.1) is 0 Å². The quantitative estimate of drug-likeness (QED) is 0.830. The van der Waals surface area contributed by atoms with Gasteiger partial charge in [-0.25, -0.2) is 9.97 Å². The summed E-state index contributed by atoms with van der Waals surface area (Å²) in [7, 11) is 0. The number of ether oxygens (including phenoxy) is 1. The number of nitrogens with zero attached hydrogens (tertiary/aromatic N) is 3. The predicted octanol–water partition coefficient (Wildman–Crippen LogP) is 4.10. The highest BCUT2D eigenvalue weighted by molar-refractivity contribution is 5.38. The van der Waals surface area contributed by atoms with Crippen molar-refractivity contribution in [3.63, 3.8) is 0 Å². The summed E-state index contributed by atoms with van der Waals surface area (Å²) in [5.74, 6) is 1.31. The van der Waals surface area contributed by atoms with Gasteiger partial charge < -0.3 is 9.30 Å². The Kier molecular flexibility index (Phi) is 4.53. The van der Waals surface area contributed by atoms with Crippen molar-refractivity contribution >= 4 is 0 Å². The van der Waals surface area contributed by atoms with Gasteiger partial charge in [0.25, 0.3) is 0 Å². The lowest BCUT2D eigenvalue weighted by molar-refractivity contribution is 0.302. The average molecular weight is 285 g/mol. The Labute approximate surface area is 126 Å². The molecule has 21 heavy (non-hydrogen) atoms. The van der Waals surface area contributed by atoms with Crippen LogP contribution in [0.5, 0.6) is 5.88 Å². The Hall–Kier alpha value is -1.84. The van der Waals surface area contributed by atoms with Gasteiger partial charge in [-0.1, -0.05) is 26.2 Å². The molecule has 0 N–H and O–H groups in total. The van der Waals surface area contributed by atoms with Crippen LogP contribution in [0.1, 0.15) is 57.1 Å². The molecule has 0 saturated heterocycles. The van der Waals surface area contributed by atoms with Crippen LogP contribution in [0, 0.1) is 0 Å². The summed E-state index contributed by atoms with van der Waals surface area (Å²) in [6.45, 7) is 2.83. The molecule has 1 aliphatic rings. The summed E-state index contributed by atoms with van der Waals surface area (Å²) in [5.41, 5.74) is 2.26. The van der Waals surface area contributed by atoms with E-state index in [1.807, 2.05) is 23.2 Å².